The summed E-state index contributed by atoms with van der Waals surface area (Å²) < 4.78 is 12.4. The third-order valence-corrected chi connectivity index (χ3v) is 2.68. The second-order valence-electron chi connectivity index (χ2n) is 4.05. The summed E-state index contributed by atoms with van der Waals surface area (Å²) in [5, 5.41) is 0. The Morgan fingerprint density at radius 1 is 1.55 bits per heavy atom. The van der Waals surface area contributed by atoms with Crippen LogP contribution in [0.2, 0.25) is 0 Å². The lowest BCUT2D eigenvalue weighted by molar-refractivity contribution is -0.191. The zero-order chi connectivity index (χ0) is 15.1. The molecule has 0 radical (unpaired) electrons. The van der Waals surface area contributed by atoms with Crippen LogP contribution in [0.4, 0.5) is 0 Å². The molecule has 0 bridgehead atoms. The van der Waals surface area contributed by atoms with E-state index < -0.39 is 12.0 Å². The molecule has 0 spiro atoms. The Balaban J connectivity index is 0.000000612. The molecular formula is C13H16N2O5. The molecule has 2 heterocycles. The molecule has 0 aromatic carbocycles. The number of nitrogens with zero attached hydrogens (tertiary/aromatic N) is 1. The van der Waals surface area contributed by atoms with Gasteiger partial charge in [0.15, 0.2) is 12.3 Å². The lowest BCUT2D eigenvalue weighted by atomic mass is 10.3. The highest BCUT2D eigenvalue weighted by atomic mass is 16.5. The third-order valence-electron chi connectivity index (χ3n) is 2.68. The molecule has 0 amide bonds. The van der Waals surface area contributed by atoms with Gasteiger partial charge < -0.3 is 19.5 Å². The van der Waals surface area contributed by atoms with E-state index >= 15 is 0 Å². The van der Waals surface area contributed by atoms with Gasteiger partial charge in [-0.2, -0.15) is 9.59 Å². The highest BCUT2D eigenvalue weighted by molar-refractivity contribution is 5.76. The Hall–Kier alpha value is -2.37. The van der Waals surface area contributed by atoms with Crippen molar-refractivity contribution < 1.29 is 23.5 Å². The molecule has 7 heteroatoms. The fraction of sp³-hybridized carbons (Fsp3) is 0.385. The molecular weight excluding hydrogens is 264 g/mol. The number of carbonyl (C=O) groups excluding carboxylic acids is 3. The van der Waals surface area contributed by atoms with E-state index in [1.165, 1.54) is 0 Å². The first-order chi connectivity index (χ1) is 9.54. The minimum Gasteiger partial charge on any atom is -0.463 e. The normalized spacial score (nSPS) is 11.3. The Morgan fingerprint density at radius 2 is 2.20 bits per heavy atom. The van der Waals surface area contributed by atoms with E-state index in [1.54, 1.807) is 13.2 Å². The van der Waals surface area contributed by atoms with Crippen LogP contribution >= 0.6 is 0 Å². The number of esters is 1. The van der Waals surface area contributed by atoms with Crippen molar-refractivity contribution in [2.45, 2.75) is 33.0 Å². The van der Waals surface area contributed by atoms with E-state index in [4.69, 9.17) is 24.5 Å². The summed E-state index contributed by atoms with van der Waals surface area (Å²) in [4.78, 5) is 27.6. The molecule has 0 unspecified atom stereocenters. The predicted molar refractivity (Wildman–Crippen MR) is 68.3 cm³/mol. The fourth-order valence-corrected chi connectivity index (χ4v) is 1.73. The van der Waals surface area contributed by atoms with E-state index in [9.17, 15) is 4.79 Å². The number of hydrogen-bond acceptors (Lipinski definition) is 6. The van der Waals surface area contributed by atoms with Crippen molar-refractivity contribution in [3.05, 3.63) is 24.1 Å². The maximum absolute atomic E-state index is 11.3. The number of rotatable bonds is 4. The molecule has 0 aliphatic carbocycles. The number of nitrogens with two attached hydrogens (primary N) is 1. The van der Waals surface area contributed by atoms with Crippen LogP contribution in [0.25, 0.3) is 11.1 Å². The standard InChI is InChI=1S/C12H16N2O3.CO2/c1-3-9-6-11-10(4-5-16-11)14(9)7-17-12(15)8(2)13;2-1-3/h4-6,8H,3,7,13H2,1-2H3;/t8-;/m0./s1. The van der Waals surface area contributed by atoms with Gasteiger partial charge in [0.2, 0.25) is 0 Å². The van der Waals surface area contributed by atoms with Crippen molar-refractivity contribution in [1.82, 2.24) is 4.57 Å². The number of furan rings is 1. The van der Waals surface area contributed by atoms with E-state index in [1.807, 2.05) is 23.6 Å². The molecule has 2 aromatic rings. The van der Waals surface area contributed by atoms with Crippen LogP contribution in [0.15, 0.2) is 22.8 Å². The van der Waals surface area contributed by atoms with Crippen LogP contribution in [-0.2, 0) is 32.3 Å². The molecule has 1 atom stereocenters. The van der Waals surface area contributed by atoms with Crippen LogP contribution in [0.5, 0.6) is 0 Å². The van der Waals surface area contributed by atoms with Gasteiger partial charge in [0.1, 0.15) is 6.04 Å². The molecule has 7 nitrogen and oxygen atoms in total. The van der Waals surface area contributed by atoms with Crippen LogP contribution < -0.4 is 5.73 Å². The van der Waals surface area contributed by atoms with Crippen molar-refractivity contribution in [3.63, 3.8) is 0 Å². The maximum atomic E-state index is 11.3. The fourth-order valence-electron chi connectivity index (χ4n) is 1.73. The summed E-state index contributed by atoms with van der Waals surface area (Å²) in [5.41, 5.74) is 8.24. The lowest BCUT2D eigenvalue weighted by Gasteiger charge is -2.11. The molecule has 2 aromatic heterocycles. The Labute approximate surface area is 115 Å². The van der Waals surface area contributed by atoms with E-state index in [0.717, 1.165) is 23.2 Å². The third kappa shape index (κ3) is 3.57. The summed E-state index contributed by atoms with van der Waals surface area (Å²) in [5.74, 6) is -0.405. The Bertz CT molecular complexity index is 605. The van der Waals surface area contributed by atoms with Gasteiger partial charge in [-0.1, -0.05) is 6.92 Å². The maximum Gasteiger partial charge on any atom is 0.373 e. The molecule has 0 fully saturated rings. The number of aromatic nitrogens is 1. The van der Waals surface area contributed by atoms with Crippen molar-refractivity contribution >= 4 is 23.2 Å². The van der Waals surface area contributed by atoms with Gasteiger partial charge in [0, 0.05) is 17.8 Å². The van der Waals surface area contributed by atoms with E-state index in [0.29, 0.717) is 0 Å². The molecule has 0 aliphatic rings. The minimum atomic E-state index is -0.601. The zero-order valence-corrected chi connectivity index (χ0v) is 11.3. The summed E-state index contributed by atoms with van der Waals surface area (Å²) in [6, 6.07) is 3.21. The molecule has 2 rings (SSSR count). The highest BCUT2D eigenvalue weighted by Gasteiger charge is 2.13. The topological polar surface area (TPSA) is 105 Å². The molecule has 0 aliphatic heterocycles. The first kappa shape index (κ1) is 15.7. The van der Waals surface area contributed by atoms with Crippen LogP contribution in [0.1, 0.15) is 19.5 Å². The summed E-state index contributed by atoms with van der Waals surface area (Å²) >= 11 is 0. The van der Waals surface area contributed by atoms with Crippen molar-refractivity contribution in [3.8, 4) is 0 Å². The summed E-state index contributed by atoms with van der Waals surface area (Å²) in [7, 11) is 0. The Kier molecular flexibility index (Phi) is 5.71. The first-order valence-electron chi connectivity index (χ1n) is 6.02. The van der Waals surface area contributed by atoms with Gasteiger partial charge in [0.05, 0.1) is 11.8 Å². The quantitative estimate of drug-likeness (QED) is 0.840. The first-order valence-corrected chi connectivity index (χ1v) is 6.02. The molecule has 108 valence electrons. The second-order valence-corrected chi connectivity index (χ2v) is 4.05. The SMILES string of the molecule is CCc1cc2occc2n1COC(=O)[C@H](C)N.O=C=O. The van der Waals surface area contributed by atoms with Crippen LogP contribution in [-0.4, -0.2) is 22.7 Å². The lowest BCUT2D eigenvalue weighted by Crippen LogP contribution is -2.29. The summed E-state index contributed by atoms with van der Waals surface area (Å²) in [6.45, 7) is 3.82. The average molecular weight is 280 g/mol. The van der Waals surface area contributed by atoms with Gasteiger partial charge in [-0.3, -0.25) is 4.79 Å². The van der Waals surface area contributed by atoms with Crippen molar-refractivity contribution in [2.75, 3.05) is 0 Å². The van der Waals surface area contributed by atoms with Gasteiger partial charge in [-0.15, -0.1) is 0 Å². The number of hydrogen-bond donors (Lipinski definition) is 1. The average Bonchev–Trinajstić information content (AvgIpc) is 2.97. The molecule has 0 saturated heterocycles. The van der Waals surface area contributed by atoms with Crippen LogP contribution in [0.3, 0.4) is 0 Å². The minimum absolute atomic E-state index is 0.173. The van der Waals surface area contributed by atoms with Crippen molar-refractivity contribution in [2.24, 2.45) is 5.73 Å². The molecule has 2 N–H and O–H groups in total. The number of ether oxygens (including phenoxy) is 1. The van der Waals surface area contributed by atoms with Gasteiger partial charge in [-0.05, 0) is 13.3 Å². The smallest absolute Gasteiger partial charge is 0.373 e. The van der Waals surface area contributed by atoms with Gasteiger partial charge >= 0.3 is 12.1 Å². The predicted octanol–water partition coefficient (Wildman–Crippen LogP) is 1.06. The van der Waals surface area contributed by atoms with E-state index in [-0.39, 0.29) is 12.9 Å². The summed E-state index contributed by atoms with van der Waals surface area (Å²) in [6.07, 6.45) is 2.72. The number of aryl methyl sites for hydroxylation is 1. The second kappa shape index (κ2) is 7.28. The van der Waals surface area contributed by atoms with Gasteiger partial charge in [-0.25, -0.2) is 0 Å². The highest BCUT2D eigenvalue weighted by Crippen LogP contribution is 2.21. The molecule has 0 saturated carbocycles. The Morgan fingerprint density at radius 3 is 2.75 bits per heavy atom. The van der Waals surface area contributed by atoms with Crippen LogP contribution in [0, 0.1) is 0 Å². The molecule has 20 heavy (non-hydrogen) atoms. The zero-order valence-electron chi connectivity index (χ0n) is 11.3. The number of fused-ring (bicyclic) bond motifs is 1. The van der Waals surface area contributed by atoms with Gasteiger partial charge in [0.25, 0.3) is 0 Å². The number of carbonyl (C=O) groups is 1. The van der Waals surface area contributed by atoms with Crippen molar-refractivity contribution in [1.29, 1.82) is 0 Å². The largest absolute Gasteiger partial charge is 0.463 e. The monoisotopic (exact) mass is 280 g/mol. The van der Waals surface area contributed by atoms with E-state index in [2.05, 4.69) is 0 Å².